The molecule has 2 unspecified atom stereocenters. The predicted molar refractivity (Wildman–Crippen MR) is 630 cm³/mol. The summed E-state index contributed by atoms with van der Waals surface area (Å²) >= 11 is 1.63. The van der Waals surface area contributed by atoms with Crippen LogP contribution in [0.2, 0.25) is 0 Å². The molecule has 2 atom stereocenters. The number of amides is 2. The molecule has 6 aromatic rings. The Labute approximate surface area is 897 Å². The first kappa shape index (κ1) is 140. The fourth-order valence-electron chi connectivity index (χ4n) is 14.3. The standard InChI is InChI=1S/C10H22FN2.C10H13N3.C9H20N4.C9H19N3.C9H21N2.C8H12N2.C8H17NO.C7H16N2.C7H14N2.2C6H11N3.C6H10N2S.C5H12N2.C5H11N.C4H10N2O/c1-10(2)12-5-8-13(3,7-4-11)9-6-12;1-7(2)11-10-12-8-5-3-4-6-9(8)13-10;1-8(2)11-9(10)13-6-4-12(3)5-7-13;1-8(2)11-4-6-12(7-5-11)9(3)10;1-9(2)10-5-7-11(3,4)8-6-10;1-7(2)6-8-9-4-3-5-10-8;1-7(2)8-6-9(3)4-5-10-8;1-7(2)9-5-3-8-4-6-9;1-5(2)7-4-8-6(3)9-7;2*1-5(2)9-6-7-3-4-8-6;1-5(2)8-6-7-3-4-9-6;1-4(2)7-5(3)6;1-4(2)5(3)6;1-3(2)6-4(5)7/h10H,4-9H2,1-3H3;3-7H,1-2H3,(H2,11,12,13);8H,4-7H2,1-3H3,(H2,10,11);8,10H,4-7H2,1-3H3;9H,5-8H2,1-4H3;3-5,7H,6H2,1-2H3;7-8H,4-6H2,1-3H3;7-8H,3-6H2,1-2H3;5,7-9H,3-4H2,1-2H3;2*3-5H,1-2H3,(H2,7,8,9);3-5H,1-2H3,(H,7,8);4H,1-3H3,(H2,6,7);4,6H,1-3H3;3H,1-2H3,(H3,5,6,7)/q+1;;;;+1;;;;;;;;;;. The SMILES string of the molecule is C=C1NCC(C(C)C)N1.CC(=N)C(C)C.CC(=N)N1CCN(C(C)C)CC1.CC(C)C1CN(C)CCO1.CC(C)Cc1ncccn1.CC(C)N1CCNCC1.CC(C)N1CC[N+](C)(C)CC1.CC(C)N1CC[N+](C)(CCF)CC1.CC(C)N=C(N)N1CCN(C)CC1.CC(C)NC(N)=O.CC(C)Nc1nc2ccccc2[nH]1.CC(C)Nc1ncc[nH]1.CC(C)Nc1ncc[nH]1.CC(C)Nc1nccs1.CC(N)=NC(C)C. The molecule has 0 radical (unpaired) electrons. The van der Waals surface area contributed by atoms with Gasteiger partial charge in [-0.3, -0.25) is 35.0 Å². The number of carbonyl (C=O) groups is 1. The molecule has 848 valence electrons. The number of ether oxygens (including phenoxy) is 1. The quantitative estimate of drug-likeness (QED) is 0.0170. The van der Waals surface area contributed by atoms with Gasteiger partial charge in [0.05, 0.1) is 88.6 Å². The Morgan fingerprint density at radius 1 is 0.544 bits per heavy atom. The molecule has 2 amide bonds. The van der Waals surface area contributed by atoms with Crippen LogP contribution in [0, 0.1) is 34.5 Å². The summed E-state index contributed by atoms with van der Waals surface area (Å²) in [6, 6.07) is 15.3. The highest BCUT2D eigenvalue weighted by molar-refractivity contribution is 7.13. The molecule has 13 rings (SSSR count). The van der Waals surface area contributed by atoms with Crippen molar-refractivity contribution in [1.82, 2.24) is 105 Å². The van der Waals surface area contributed by atoms with E-state index >= 15 is 0 Å². The van der Waals surface area contributed by atoms with Crippen LogP contribution in [0.5, 0.6) is 0 Å². The lowest BCUT2D eigenvalue weighted by Gasteiger charge is -2.42. The normalized spacial score (nSPS) is 17.5. The summed E-state index contributed by atoms with van der Waals surface area (Å²) in [5.41, 5.74) is 18.7. The van der Waals surface area contributed by atoms with E-state index in [9.17, 15) is 9.18 Å². The molecular weight excluding hydrogens is 1870 g/mol. The van der Waals surface area contributed by atoms with Crippen LogP contribution < -0.4 is 59.7 Å². The van der Waals surface area contributed by atoms with Gasteiger partial charge < -0.3 is 113 Å². The Balaban J connectivity index is 0. The molecule has 7 saturated heterocycles. The number of piperazine rings is 5. The predicted octanol–water partition coefficient (Wildman–Crippen LogP) is 15.8. The number of aromatic amines is 3. The van der Waals surface area contributed by atoms with Gasteiger partial charge in [-0.25, -0.2) is 39.1 Å². The first-order chi connectivity index (χ1) is 68.8. The van der Waals surface area contributed by atoms with Crippen molar-refractivity contribution in [2.45, 2.75) is 314 Å². The number of rotatable bonds is 22. The monoisotopic (exact) mass is 2090 g/mol. The highest BCUT2D eigenvalue weighted by Crippen LogP contribution is 2.18. The number of primary amides is 1. The van der Waals surface area contributed by atoms with Crippen molar-refractivity contribution in [1.29, 1.82) is 10.8 Å². The zero-order valence-corrected chi connectivity index (χ0v) is 100. The largest absolute Gasteiger partial charge is 0.388 e. The average Bonchev–Trinajstić information content (AvgIpc) is 1.56. The number of nitrogens with one attached hydrogen (secondary N) is 13. The number of guanidine groups is 1. The zero-order chi connectivity index (χ0) is 112. The Bertz CT molecular complexity index is 4060. The molecule has 0 bridgehead atoms. The molecule has 36 nitrogen and oxygen atoms in total. The van der Waals surface area contributed by atoms with Crippen molar-refractivity contribution < 1.29 is 22.9 Å². The minimum Gasteiger partial charge on any atom is -0.388 e. The van der Waals surface area contributed by atoms with Crippen LogP contribution in [0.3, 0.4) is 0 Å². The number of hydrogen-bond donors (Lipinski definition) is 16. The molecule has 0 aliphatic carbocycles. The van der Waals surface area contributed by atoms with E-state index in [1.54, 1.807) is 61.6 Å². The van der Waals surface area contributed by atoms with Crippen LogP contribution in [0.1, 0.15) is 234 Å². The molecule has 5 aromatic heterocycles. The van der Waals surface area contributed by atoms with Crippen LogP contribution in [0.4, 0.5) is 32.2 Å². The minimum absolute atomic E-state index is 0.150. The van der Waals surface area contributed by atoms with E-state index in [0.717, 1.165) is 192 Å². The number of nitrogens with two attached hydrogens (primary N) is 3. The minimum atomic E-state index is -0.463. The molecule has 0 spiro atoms. The highest BCUT2D eigenvalue weighted by Gasteiger charge is 2.30. The van der Waals surface area contributed by atoms with Gasteiger partial charge in [-0.05, 0) is 229 Å². The number of fused-ring (bicyclic) bond motifs is 1. The fourth-order valence-corrected chi connectivity index (χ4v) is 15.0. The number of carbonyl (C=O) groups excluding carboxylic acids is 1. The van der Waals surface area contributed by atoms with E-state index in [4.69, 9.17) is 32.8 Å². The summed E-state index contributed by atoms with van der Waals surface area (Å²) in [6.07, 6.45) is 13.8. The lowest BCUT2D eigenvalue weighted by molar-refractivity contribution is -0.913. The number of halogens is 1. The third-order valence-electron chi connectivity index (χ3n) is 23.8. The van der Waals surface area contributed by atoms with Crippen molar-refractivity contribution in [2.24, 2.45) is 50.9 Å². The number of H-pyrrole nitrogens is 3. The van der Waals surface area contributed by atoms with Crippen molar-refractivity contribution in [3.63, 3.8) is 0 Å². The van der Waals surface area contributed by atoms with Gasteiger partial charge >= 0.3 is 6.03 Å². The molecular formula is C109H219FN34O2S+2. The van der Waals surface area contributed by atoms with Crippen LogP contribution in [-0.2, 0) is 11.2 Å². The number of nitrogens with zero attached hydrogens (tertiary/aromatic N) is 18. The first-order valence-electron chi connectivity index (χ1n) is 54.3. The lowest BCUT2D eigenvalue weighted by atomic mass is 10.1. The van der Waals surface area contributed by atoms with Crippen molar-refractivity contribution in [3.05, 3.63) is 97.3 Å². The fraction of sp³-hybridized carbons (Fsp3) is 0.752. The topological polar surface area (TPSA) is 424 Å². The number of aromatic nitrogens is 9. The summed E-state index contributed by atoms with van der Waals surface area (Å²) in [5.74, 6) is 8.92. The summed E-state index contributed by atoms with van der Waals surface area (Å²) < 4.78 is 19.9. The molecule has 7 aliphatic rings. The van der Waals surface area contributed by atoms with Crippen molar-refractivity contribution in [3.8, 4) is 0 Å². The van der Waals surface area contributed by atoms with Crippen LogP contribution >= 0.6 is 11.3 Å². The Hall–Kier alpha value is -8.96. The summed E-state index contributed by atoms with van der Waals surface area (Å²) in [4.78, 5) is 70.9. The maximum absolute atomic E-state index is 12.2. The Morgan fingerprint density at radius 3 is 1.34 bits per heavy atom. The number of para-hydroxylation sites is 2. The second-order valence-electron chi connectivity index (χ2n) is 44.0. The second kappa shape index (κ2) is 80.0. The molecule has 7 fully saturated rings. The van der Waals surface area contributed by atoms with Gasteiger partial charge in [-0.1, -0.05) is 74.1 Å². The van der Waals surface area contributed by atoms with E-state index in [1.807, 2.05) is 105 Å². The molecule has 12 heterocycles. The van der Waals surface area contributed by atoms with E-state index < -0.39 is 6.03 Å². The van der Waals surface area contributed by atoms with Crippen molar-refractivity contribution in [2.75, 3.05) is 227 Å². The average molecular weight is 2090 g/mol. The number of anilines is 4. The number of aliphatic imine (C=N–C) groups is 2. The van der Waals surface area contributed by atoms with E-state index in [1.165, 1.54) is 43.8 Å². The lowest BCUT2D eigenvalue weighted by Crippen LogP contribution is -2.59. The molecule has 1 aromatic carbocycles. The van der Waals surface area contributed by atoms with E-state index in [0.29, 0.717) is 108 Å². The maximum atomic E-state index is 12.2. The smallest absolute Gasteiger partial charge is 0.312 e. The van der Waals surface area contributed by atoms with Gasteiger partial charge in [-0.2, -0.15) is 0 Å². The van der Waals surface area contributed by atoms with Gasteiger partial charge in [0.1, 0.15) is 19.0 Å². The molecule has 19 N–H and O–H groups in total. The highest BCUT2D eigenvalue weighted by atomic mass is 32.1. The number of likely N-dealkylation sites (N-methyl/N-ethyl adjacent to an activating group) is 4. The molecule has 147 heavy (non-hydrogen) atoms. The van der Waals surface area contributed by atoms with Crippen LogP contribution in [-0.4, -0.2) is 407 Å². The zero-order valence-electron chi connectivity index (χ0n) is 99.5. The summed E-state index contributed by atoms with van der Waals surface area (Å²) in [6.45, 7) is 100. The van der Waals surface area contributed by atoms with E-state index in [2.05, 4.69) is 331 Å². The van der Waals surface area contributed by atoms with Gasteiger partial charge in [0, 0.05) is 258 Å². The third-order valence-corrected chi connectivity index (χ3v) is 24.5. The number of alkyl halides is 1. The number of urea groups is 1. The summed E-state index contributed by atoms with van der Waals surface area (Å²) in [5, 5.41) is 42.2. The number of morpholine rings is 1. The number of benzene rings is 1. The van der Waals surface area contributed by atoms with Gasteiger partial charge in [-0.15, -0.1) is 11.3 Å². The van der Waals surface area contributed by atoms with Crippen LogP contribution in [0.15, 0.2) is 101 Å². The molecule has 7 aliphatic heterocycles. The van der Waals surface area contributed by atoms with Gasteiger partial charge in [0.2, 0.25) is 5.95 Å². The summed E-state index contributed by atoms with van der Waals surface area (Å²) in [7, 11) is 11.1. The van der Waals surface area contributed by atoms with Crippen molar-refractivity contribution >= 4 is 74.7 Å². The number of hydrogen-bond acceptors (Lipinski definition) is 26. The Morgan fingerprint density at radius 2 is 1.01 bits per heavy atom. The molecule has 38 heteroatoms. The Kier molecular flexibility index (Phi) is 76.2. The van der Waals surface area contributed by atoms with Crippen LogP contribution in [0.25, 0.3) is 11.0 Å². The first-order valence-corrected chi connectivity index (χ1v) is 55.2. The van der Waals surface area contributed by atoms with Gasteiger partial charge in [0.15, 0.2) is 23.0 Å². The van der Waals surface area contributed by atoms with Gasteiger partial charge in [0.25, 0.3) is 0 Å². The van der Waals surface area contributed by atoms with E-state index in [-0.39, 0.29) is 12.7 Å². The molecule has 0 saturated carbocycles. The second-order valence-corrected chi connectivity index (χ2v) is 44.9. The number of amidine groups is 2. The third kappa shape index (κ3) is 75.4. The number of quaternary nitrogens is 2. The number of imidazole rings is 3. The number of thiazole rings is 1. The maximum Gasteiger partial charge on any atom is 0.312 e.